The fourth-order valence-electron chi connectivity index (χ4n) is 0.931. The van der Waals surface area contributed by atoms with Gasteiger partial charge in [0.25, 0.3) is 0 Å². The molecule has 0 saturated heterocycles. The van der Waals surface area contributed by atoms with E-state index in [4.69, 9.17) is 0 Å². The maximum Gasteiger partial charge on any atom is 0.0116 e. The van der Waals surface area contributed by atoms with E-state index in [9.17, 15) is 5.11 Å². The van der Waals surface area contributed by atoms with Crippen molar-refractivity contribution < 1.29 is 70.5 Å². The van der Waals surface area contributed by atoms with Crippen LogP contribution in [0.3, 0.4) is 0 Å². The van der Waals surface area contributed by atoms with Crippen molar-refractivity contribution in [3.05, 3.63) is 28.8 Å². The number of aromatic hydroxyl groups is 1. The van der Waals surface area contributed by atoms with Crippen LogP contribution in [-0.2, 0) is 65.4 Å². The molecule has 1 aromatic carbocycles. The second-order valence-electron chi connectivity index (χ2n) is 2.59. The van der Waals surface area contributed by atoms with Gasteiger partial charge < -0.3 is 5.11 Å². The van der Waals surface area contributed by atoms with Gasteiger partial charge >= 0.3 is 0 Å². The second kappa shape index (κ2) is 6.65. The van der Waals surface area contributed by atoms with Gasteiger partial charge in [-0.15, -0.1) is 11.6 Å². The molecule has 60 valence electrons. The van der Waals surface area contributed by atoms with E-state index in [1.165, 1.54) is 0 Å². The first kappa shape index (κ1) is 15.7. The molecule has 2 radical (unpaired) electrons. The van der Waals surface area contributed by atoms with Crippen molar-refractivity contribution in [3.8, 4) is 5.75 Å². The molecule has 0 aliphatic rings. The van der Waals surface area contributed by atoms with Gasteiger partial charge in [-0.3, -0.25) is 0 Å². The Labute approximate surface area is 124 Å². The van der Waals surface area contributed by atoms with E-state index in [0.717, 1.165) is 16.7 Å². The van der Waals surface area contributed by atoms with Crippen molar-refractivity contribution in [1.82, 2.24) is 0 Å². The summed E-state index contributed by atoms with van der Waals surface area (Å²) in [6, 6.07) is 4.84. The summed E-state index contributed by atoms with van der Waals surface area (Å²) in [5.41, 5.74) is 2.93. The summed E-state index contributed by atoms with van der Waals surface area (Å²) in [4.78, 5) is 0. The van der Waals surface area contributed by atoms with Gasteiger partial charge in [0.15, 0.2) is 0 Å². The van der Waals surface area contributed by atoms with Crippen molar-refractivity contribution in [2.45, 2.75) is 20.8 Å². The van der Waals surface area contributed by atoms with Gasteiger partial charge in [0.05, 0.1) is 0 Å². The van der Waals surface area contributed by atoms with Crippen molar-refractivity contribution >= 4 is 0 Å². The number of hydrogen-bond acceptors (Lipinski definition) is 1. The predicted molar refractivity (Wildman–Crippen MR) is 41.2 cm³/mol. The third kappa shape index (κ3) is 3.96. The molecule has 1 aromatic rings. The van der Waals surface area contributed by atoms with Crippen LogP contribution in [0.4, 0.5) is 0 Å². The van der Waals surface area contributed by atoms with E-state index < -0.39 is 0 Å². The van der Waals surface area contributed by atoms with Crippen LogP contribution in [0.25, 0.3) is 0 Å². The van der Waals surface area contributed by atoms with Crippen LogP contribution in [0.1, 0.15) is 16.7 Å². The number of hydrogen-bond donors (Lipinski definition) is 1. The zero-order valence-electron chi connectivity index (χ0n) is 7.68. The quantitative estimate of drug-likeness (QED) is 0.728. The number of benzene rings is 1. The zero-order chi connectivity index (χ0) is 7.72. The molecule has 0 atom stereocenters. The fraction of sp³-hybridized carbons (Fsp3) is 0.333. The second-order valence-corrected chi connectivity index (χ2v) is 2.59. The topological polar surface area (TPSA) is 20.2 Å². The van der Waals surface area contributed by atoms with Gasteiger partial charge in [0, 0.05) is 71.2 Å². The van der Waals surface area contributed by atoms with Crippen LogP contribution >= 0.6 is 0 Å². The molecule has 0 bridgehead atoms. The molecule has 0 unspecified atom stereocenters. The summed E-state index contributed by atoms with van der Waals surface area (Å²) in [6.07, 6.45) is 0. The molecule has 1 rings (SSSR count). The normalized spacial score (nSPS) is 8.25. The third-order valence-corrected chi connectivity index (χ3v) is 1.68. The Morgan fingerprint density at radius 2 is 1.67 bits per heavy atom. The molecule has 1 nitrogen and oxygen atoms in total. The van der Waals surface area contributed by atoms with Crippen molar-refractivity contribution in [2.75, 3.05) is 0 Å². The minimum Gasteiger partial charge on any atom is -0.533 e. The molecule has 3 heteroatoms. The molecule has 0 heterocycles. The van der Waals surface area contributed by atoms with E-state index in [-0.39, 0.29) is 65.4 Å². The third-order valence-electron chi connectivity index (χ3n) is 1.68. The molecule has 0 spiro atoms. The minimum atomic E-state index is 0. The molecular formula is C9H11OY2-. The molecule has 0 aliphatic carbocycles. The van der Waals surface area contributed by atoms with E-state index in [1.807, 2.05) is 20.8 Å². The van der Waals surface area contributed by atoms with E-state index >= 15 is 0 Å². The monoisotopic (exact) mass is 313 g/mol. The molecule has 0 amide bonds. The maximum atomic E-state index is 9.26. The summed E-state index contributed by atoms with van der Waals surface area (Å²) in [5.74, 6) is 0.369. The van der Waals surface area contributed by atoms with Crippen molar-refractivity contribution in [1.29, 1.82) is 0 Å². The van der Waals surface area contributed by atoms with Crippen LogP contribution in [0, 0.1) is 26.8 Å². The van der Waals surface area contributed by atoms with Gasteiger partial charge in [0.2, 0.25) is 0 Å². The molecule has 1 N–H and O–H groups in total. The Bertz CT molecular complexity index is 236. The molecule has 0 saturated carbocycles. The zero-order valence-corrected chi connectivity index (χ0v) is 13.4. The first-order chi connectivity index (χ1) is 4.61. The Morgan fingerprint density at radius 1 is 1.17 bits per heavy atom. The summed E-state index contributed by atoms with van der Waals surface area (Å²) in [5, 5.41) is 9.26. The Morgan fingerprint density at radius 3 is 2.08 bits per heavy atom. The smallest absolute Gasteiger partial charge is 0.0116 e. The summed E-state index contributed by atoms with van der Waals surface area (Å²) >= 11 is 0. The van der Waals surface area contributed by atoms with Gasteiger partial charge in [-0.2, -0.15) is 17.2 Å². The van der Waals surface area contributed by atoms with E-state index in [2.05, 4.69) is 6.07 Å². The number of phenolic OH excluding ortho intramolecular Hbond substituents is 1. The van der Waals surface area contributed by atoms with Gasteiger partial charge in [-0.1, -0.05) is 20.8 Å². The largest absolute Gasteiger partial charge is 0.533 e. The Kier molecular flexibility index (Phi) is 8.69. The van der Waals surface area contributed by atoms with Gasteiger partial charge in [-0.25, -0.2) is 0 Å². The number of phenols is 1. The van der Waals surface area contributed by atoms with Crippen LogP contribution in [0.2, 0.25) is 0 Å². The molecular weight excluding hydrogens is 302 g/mol. The van der Waals surface area contributed by atoms with Crippen LogP contribution in [0.5, 0.6) is 5.75 Å². The van der Waals surface area contributed by atoms with E-state index in [1.54, 1.807) is 6.07 Å². The molecule has 12 heavy (non-hydrogen) atoms. The predicted octanol–water partition coefficient (Wildman–Crippen LogP) is 2.11. The van der Waals surface area contributed by atoms with Crippen molar-refractivity contribution in [3.63, 3.8) is 0 Å². The first-order valence-electron chi connectivity index (χ1n) is 3.30. The Balaban J connectivity index is 0. The van der Waals surface area contributed by atoms with Crippen LogP contribution in [-0.4, -0.2) is 5.11 Å². The Hall–Kier alpha value is 1.23. The van der Waals surface area contributed by atoms with Crippen LogP contribution < -0.4 is 0 Å². The first-order valence-corrected chi connectivity index (χ1v) is 3.30. The molecule has 0 fully saturated rings. The summed E-state index contributed by atoms with van der Waals surface area (Å²) < 4.78 is 0. The minimum absolute atomic E-state index is 0. The standard InChI is InChI=1S/C9H11O.2Y/c1-6-4-7(2)8(3)9(10)5-6;;/h5,10H,1-3H3;;/q-1;;. The number of rotatable bonds is 0. The number of aryl methyl sites for hydroxylation is 2. The molecule has 0 aromatic heterocycles. The van der Waals surface area contributed by atoms with Crippen LogP contribution in [0.15, 0.2) is 6.07 Å². The SMILES string of the molecule is Cc1[c-]c(C)c(C)c(O)c1.[Y].[Y]. The molecule has 0 aliphatic heterocycles. The maximum absolute atomic E-state index is 9.26. The average molecular weight is 313 g/mol. The summed E-state index contributed by atoms with van der Waals surface area (Å²) in [7, 11) is 0. The van der Waals surface area contributed by atoms with Crippen molar-refractivity contribution in [2.24, 2.45) is 0 Å². The average Bonchev–Trinajstić information content (AvgIpc) is 1.82. The van der Waals surface area contributed by atoms with E-state index in [0.29, 0.717) is 5.75 Å². The fourth-order valence-corrected chi connectivity index (χ4v) is 0.931. The summed E-state index contributed by atoms with van der Waals surface area (Å²) in [6.45, 7) is 5.76. The van der Waals surface area contributed by atoms with Gasteiger partial charge in [0.1, 0.15) is 0 Å². The van der Waals surface area contributed by atoms with Gasteiger partial charge in [-0.05, 0) is 0 Å².